The summed E-state index contributed by atoms with van der Waals surface area (Å²) in [7, 11) is 0. The van der Waals surface area contributed by atoms with Crippen LogP contribution in [0.15, 0.2) is 18.2 Å². The van der Waals surface area contributed by atoms with Crippen LogP contribution in [0.3, 0.4) is 0 Å². The SMILES string of the molecule is CCOC(=O)c1c(C)nc(-c2c(F)cccc2F)nc1NCO. The zero-order chi connectivity index (χ0) is 17.0. The smallest absolute Gasteiger partial charge is 0.343 e. The largest absolute Gasteiger partial charge is 0.462 e. The number of aromatic nitrogens is 2. The van der Waals surface area contributed by atoms with Crippen molar-refractivity contribution in [3.05, 3.63) is 41.1 Å². The van der Waals surface area contributed by atoms with E-state index in [9.17, 15) is 13.6 Å². The van der Waals surface area contributed by atoms with Crippen molar-refractivity contribution in [1.82, 2.24) is 9.97 Å². The van der Waals surface area contributed by atoms with Gasteiger partial charge in [-0.1, -0.05) is 6.07 Å². The molecule has 23 heavy (non-hydrogen) atoms. The van der Waals surface area contributed by atoms with E-state index in [4.69, 9.17) is 9.84 Å². The summed E-state index contributed by atoms with van der Waals surface area (Å²) < 4.78 is 32.7. The molecule has 2 aromatic rings. The van der Waals surface area contributed by atoms with Gasteiger partial charge in [-0.15, -0.1) is 0 Å². The Morgan fingerprint density at radius 2 is 1.96 bits per heavy atom. The van der Waals surface area contributed by atoms with Gasteiger partial charge in [0.2, 0.25) is 0 Å². The zero-order valence-electron chi connectivity index (χ0n) is 12.6. The number of aliphatic hydroxyl groups is 1. The molecule has 0 saturated heterocycles. The van der Waals surface area contributed by atoms with Gasteiger partial charge in [-0.05, 0) is 26.0 Å². The van der Waals surface area contributed by atoms with Crippen molar-refractivity contribution >= 4 is 11.8 Å². The van der Waals surface area contributed by atoms with Crippen molar-refractivity contribution in [3.63, 3.8) is 0 Å². The van der Waals surface area contributed by atoms with Gasteiger partial charge in [-0.3, -0.25) is 0 Å². The summed E-state index contributed by atoms with van der Waals surface area (Å²) >= 11 is 0. The molecule has 1 aromatic carbocycles. The van der Waals surface area contributed by atoms with Crippen LogP contribution < -0.4 is 5.32 Å². The predicted molar refractivity (Wildman–Crippen MR) is 78.8 cm³/mol. The van der Waals surface area contributed by atoms with Crippen LogP contribution in [0, 0.1) is 18.6 Å². The Kier molecular flexibility index (Phi) is 5.17. The van der Waals surface area contributed by atoms with Crippen LogP contribution in [0.2, 0.25) is 0 Å². The highest BCUT2D eigenvalue weighted by Crippen LogP contribution is 2.27. The molecule has 0 atom stereocenters. The molecule has 0 radical (unpaired) electrons. The monoisotopic (exact) mass is 323 g/mol. The van der Waals surface area contributed by atoms with Gasteiger partial charge in [-0.2, -0.15) is 0 Å². The number of hydrogen-bond donors (Lipinski definition) is 2. The summed E-state index contributed by atoms with van der Waals surface area (Å²) in [5.41, 5.74) is -0.236. The number of rotatable bonds is 5. The third kappa shape index (κ3) is 3.42. The Morgan fingerprint density at radius 3 is 2.52 bits per heavy atom. The van der Waals surface area contributed by atoms with Gasteiger partial charge >= 0.3 is 5.97 Å². The minimum Gasteiger partial charge on any atom is -0.462 e. The average molecular weight is 323 g/mol. The summed E-state index contributed by atoms with van der Waals surface area (Å²) in [5.74, 6) is -2.65. The number of aliphatic hydroxyl groups excluding tert-OH is 1. The van der Waals surface area contributed by atoms with Crippen molar-refractivity contribution in [3.8, 4) is 11.4 Å². The highest BCUT2D eigenvalue weighted by Gasteiger charge is 2.22. The molecule has 0 bridgehead atoms. The molecular weight excluding hydrogens is 308 g/mol. The number of carbonyl (C=O) groups is 1. The first-order chi connectivity index (χ1) is 11.0. The maximum Gasteiger partial charge on any atom is 0.343 e. The Labute approximate surface area is 131 Å². The summed E-state index contributed by atoms with van der Waals surface area (Å²) in [6.07, 6.45) is 0. The number of ether oxygens (including phenoxy) is 1. The number of nitrogens with one attached hydrogen (secondary N) is 1. The quantitative estimate of drug-likeness (QED) is 0.649. The normalized spacial score (nSPS) is 10.5. The molecule has 8 heteroatoms. The van der Waals surface area contributed by atoms with Gasteiger partial charge in [0.1, 0.15) is 29.7 Å². The van der Waals surface area contributed by atoms with E-state index in [1.807, 2.05) is 0 Å². The number of esters is 1. The Morgan fingerprint density at radius 1 is 1.30 bits per heavy atom. The molecule has 6 nitrogen and oxygen atoms in total. The molecule has 122 valence electrons. The Hall–Kier alpha value is -2.61. The molecule has 0 spiro atoms. The number of nitrogens with zero attached hydrogens (tertiary/aromatic N) is 2. The predicted octanol–water partition coefficient (Wildman–Crippen LogP) is 2.27. The van der Waals surface area contributed by atoms with Crippen LogP contribution in [0.1, 0.15) is 23.0 Å². The fourth-order valence-electron chi connectivity index (χ4n) is 2.05. The van der Waals surface area contributed by atoms with Crippen LogP contribution in [0.5, 0.6) is 0 Å². The van der Waals surface area contributed by atoms with E-state index in [1.54, 1.807) is 6.92 Å². The van der Waals surface area contributed by atoms with Gasteiger partial charge in [-0.25, -0.2) is 23.5 Å². The van der Waals surface area contributed by atoms with Crippen LogP contribution >= 0.6 is 0 Å². The second-order valence-corrected chi connectivity index (χ2v) is 4.51. The first kappa shape index (κ1) is 16.8. The summed E-state index contributed by atoms with van der Waals surface area (Å²) in [4.78, 5) is 19.9. The number of halogens is 2. The van der Waals surface area contributed by atoms with Gasteiger partial charge in [0.25, 0.3) is 0 Å². The molecule has 0 unspecified atom stereocenters. The second-order valence-electron chi connectivity index (χ2n) is 4.51. The molecular formula is C15H15F2N3O3. The van der Waals surface area contributed by atoms with Crippen molar-refractivity contribution in [2.45, 2.75) is 13.8 Å². The van der Waals surface area contributed by atoms with Crippen LogP contribution in [-0.4, -0.2) is 34.4 Å². The summed E-state index contributed by atoms with van der Waals surface area (Å²) in [5, 5.41) is 11.5. The van der Waals surface area contributed by atoms with E-state index < -0.39 is 29.9 Å². The van der Waals surface area contributed by atoms with E-state index in [1.165, 1.54) is 13.0 Å². The average Bonchev–Trinajstić information content (AvgIpc) is 2.47. The standard InChI is InChI=1S/C15H15F2N3O3/c1-3-23-15(22)11-8(2)19-14(20-13(11)18-7-21)12-9(16)5-4-6-10(12)17/h4-6,21H,3,7H2,1-2H3,(H,18,19,20). The van der Waals surface area contributed by atoms with Gasteiger partial charge in [0.05, 0.1) is 17.9 Å². The highest BCUT2D eigenvalue weighted by molar-refractivity contribution is 5.96. The number of benzene rings is 1. The van der Waals surface area contributed by atoms with E-state index in [-0.39, 0.29) is 29.5 Å². The van der Waals surface area contributed by atoms with E-state index in [0.717, 1.165) is 12.1 Å². The Balaban J connectivity index is 2.63. The van der Waals surface area contributed by atoms with Crippen molar-refractivity contribution in [1.29, 1.82) is 0 Å². The van der Waals surface area contributed by atoms with Gasteiger partial charge in [0, 0.05) is 0 Å². The van der Waals surface area contributed by atoms with E-state index in [0.29, 0.717) is 0 Å². The molecule has 0 fully saturated rings. The fraction of sp³-hybridized carbons (Fsp3) is 0.267. The first-order valence-corrected chi connectivity index (χ1v) is 6.84. The van der Waals surface area contributed by atoms with Crippen molar-refractivity contribution in [2.75, 3.05) is 18.7 Å². The van der Waals surface area contributed by atoms with E-state index >= 15 is 0 Å². The third-order valence-electron chi connectivity index (χ3n) is 3.00. The van der Waals surface area contributed by atoms with Crippen molar-refractivity contribution < 1.29 is 23.4 Å². The molecule has 1 heterocycles. The summed E-state index contributed by atoms with van der Waals surface area (Å²) in [6.45, 7) is 2.73. The zero-order valence-corrected chi connectivity index (χ0v) is 12.6. The number of hydrogen-bond acceptors (Lipinski definition) is 6. The van der Waals surface area contributed by atoms with Crippen LogP contribution in [0.4, 0.5) is 14.6 Å². The molecule has 0 saturated carbocycles. The lowest BCUT2D eigenvalue weighted by molar-refractivity contribution is 0.0525. The lowest BCUT2D eigenvalue weighted by Gasteiger charge is -2.13. The van der Waals surface area contributed by atoms with Gasteiger partial charge in [0.15, 0.2) is 5.82 Å². The lowest BCUT2D eigenvalue weighted by atomic mass is 10.1. The topological polar surface area (TPSA) is 84.3 Å². The molecule has 0 amide bonds. The lowest BCUT2D eigenvalue weighted by Crippen LogP contribution is -2.16. The maximum absolute atomic E-state index is 13.9. The van der Waals surface area contributed by atoms with Crippen LogP contribution in [-0.2, 0) is 4.74 Å². The minimum atomic E-state index is -0.830. The molecule has 0 aliphatic carbocycles. The maximum atomic E-state index is 13.9. The van der Waals surface area contributed by atoms with Gasteiger partial charge < -0.3 is 15.2 Å². The minimum absolute atomic E-state index is 0.00129. The summed E-state index contributed by atoms with van der Waals surface area (Å²) in [6, 6.07) is 3.38. The number of aryl methyl sites for hydroxylation is 1. The molecule has 2 N–H and O–H groups in total. The first-order valence-electron chi connectivity index (χ1n) is 6.84. The second kappa shape index (κ2) is 7.10. The fourth-order valence-corrected chi connectivity index (χ4v) is 2.05. The number of anilines is 1. The van der Waals surface area contributed by atoms with Crippen molar-refractivity contribution in [2.24, 2.45) is 0 Å². The van der Waals surface area contributed by atoms with E-state index in [2.05, 4.69) is 15.3 Å². The molecule has 1 aromatic heterocycles. The molecule has 0 aliphatic rings. The van der Waals surface area contributed by atoms with Crippen LogP contribution in [0.25, 0.3) is 11.4 Å². The third-order valence-corrected chi connectivity index (χ3v) is 3.00. The highest BCUT2D eigenvalue weighted by atomic mass is 19.1. The Bertz CT molecular complexity index is 718. The molecule has 0 aliphatic heterocycles. The number of carbonyl (C=O) groups excluding carboxylic acids is 1. The molecule has 2 rings (SSSR count).